The Bertz CT molecular complexity index is 709. The summed E-state index contributed by atoms with van der Waals surface area (Å²) in [5.74, 6) is -0.129. The van der Waals surface area contributed by atoms with Gasteiger partial charge in [-0.05, 0) is 62.8 Å². The van der Waals surface area contributed by atoms with Gasteiger partial charge >= 0.3 is 0 Å². The fourth-order valence-corrected chi connectivity index (χ4v) is 3.32. The minimum Gasteiger partial charge on any atom is -0.352 e. The Morgan fingerprint density at radius 2 is 2.04 bits per heavy atom. The number of rotatable bonds is 6. The molecular formula is C17H24N2O3S. The van der Waals surface area contributed by atoms with Gasteiger partial charge in [0.2, 0.25) is 10.0 Å². The predicted molar refractivity (Wildman–Crippen MR) is 93.1 cm³/mol. The molecule has 0 fully saturated rings. The highest BCUT2D eigenvalue weighted by molar-refractivity contribution is 7.92. The SMILES string of the molecule is Cc1cc(C(=O)NCCC2=CCCCC2)ccc1NS(C)(=O)=O. The Morgan fingerprint density at radius 1 is 1.26 bits per heavy atom. The molecule has 0 saturated carbocycles. The van der Waals surface area contributed by atoms with Crippen molar-refractivity contribution in [3.63, 3.8) is 0 Å². The first-order valence-electron chi connectivity index (χ1n) is 7.90. The zero-order chi connectivity index (χ0) is 16.9. The van der Waals surface area contributed by atoms with Crippen LogP contribution in [0.4, 0.5) is 5.69 Å². The van der Waals surface area contributed by atoms with Crippen LogP contribution in [-0.2, 0) is 10.0 Å². The Hall–Kier alpha value is -1.82. The van der Waals surface area contributed by atoms with Crippen molar-refractivity contribution < 1.29 is 13.2 Å². The van der Waals surface area contributed by atoms with E-state index in [1.54, 1.807) is 25.1 Å². The number of benzene rings is 1. The van der Waals surface area contributed by atoms with E-state index in [9.17, 15) is 13.2 Å². The molecule has 0 heterocycles. The zero-order valence-electron chi connectivity index (χ0n) is 13.7. The quantitative estimate of drug-likeness (QED) is 0.784. The van der Waals surface area contributed by atoms with Crippen molar-refractivity contribution in [3.05, 3.63) is 41.0 Å². The van der Waals surface area contributed by atoms with E-state index in [4.69, 9.17) is 0 Å². The Morgan fingerprint density at radius 3 is 2.65 bits per heavy atom. The number of carbonyl (C=O) groups excluding carboxylic acids is 1. The number of sulfonamides is 1. The van der Waals surface area contributed by atoms with E-state index in [-0.39, 0.29) is 5.91 Å². The molecule has 1 aliphatic carbocycles. The molecule has 1 aromatic carbocycles. The molecule has 0 aromatic heterocycles. The number of carbonyl (C=O) groups is 1. The van der Waals surface area contributed by atoms with Gasteiger partial charge in [-0.2, -0.15) is 0 Å². The number of amides is 1. The van der Waals surface area contributed by atoms with Gasteiger partial charge in [0.05, 0.1) is 11.9 Å². The van der Waals surface area contributed by atoms with Crippen molar-refractivity contribution in [1.29, 1.82) is 0 Å². The highest BCUT2D eigenvalue weighted by Gasteiger charge is 2.10. The van der Waals surface area contributed by atoms with Crippen LogP contribution in [-0.4, -0.2) is 27.1 Å². The van der Waals surface area contributed by atoms with Crippen LogP contribution in [0.3, 0.4) is 0 Å². The summed E-state index contributed by atoms with van der Waals surface area (Å²) in [5, 5.41) is 2.92. The topological polar surface area (TPSA) is 75.3 Å². The van der Waals surface area contributed by atoms with Gasteiger partial charge in [-0.1, -0.05) is 11.6 Å². The fourth-order valence-electron chi connectivity index (χ4n) is 2.69. The van der Waals surface area contributed by atoms with Gasteiger partial charge in [0.25, 0.3) is 5.91 Å². The molecule has 0 saturated heterocycles. The van der Waals surface area contributed by atoms with Crippen LogP contribution >= 0.6 is 0 Å². The lowest BCUT2D eigenvalue weighted by Crippen LogP contribution is -2.25. The van der Waals surface area contributed by atoms with E-state index in [0.29, 0.717) is 17.8 Å². The lowest BCUT2D eigenvalue weighted by atomic mass is 9.97. The Labute approximate surface area is 138 Å². The van der Waals surface area contributed by atoms with Gasteiger partial charge in [-0.3, -0.25) is 9.52 Å². The van der Waals surface area contributed by atoms with Gasteiger partial charge in [0, 0.05) is 12.1 Å². The van der Waals surface area contributed by atoms with Crippen molar-refractivity contribution in [1.82, 2.24) is 5.32 Å². The summed E-state index contributed by atoms with van der Waals surface area (Å²) in [6.07, 6.45) is 9.09. The normalized spacial score (nSPS) is 15.0. The van der Waals surface area contributed by atoms with Crippen LogP contribution in [0.2, 0.25) is 0 Å². The third-order valence-electron chi connectivity index (χ3n) is 3.90. The molecule has 23 heavy (non-hydrogen) atoms. The highest BCUT2D eigenvalue weighted by Crippen LogP contribution is 2.20. The summed E-state index contributed by atoms with van der Waals surface area (Å²) in [6, 6.07) is 4.95. The minimum absolute atomic E-state index is 0.129. The number of hydrogen-bond acceptors (Lipinski definition) is 3. The summed E-state index contributed by atoms with van der Waals surface area (Å²) in [7, 11) is -3.32. The largest absolute Gasteiger partial charge is 0.352 e. The monoisotopic (exact) mass is 336 g/mol. The smallest absolute Gasteiger partial charge is 0.251 e. The van der Waals surface area contributed by atoms with Crippen LogP contribution in [0, 0.1) is 6.92 Å². The van der Waals surface area contributed by atoms with E-state index in [1.807, 2.05) is 0 Å². The summed E-state index contributed by atoms with van der Waals surface area (Å²) in [5.41, 5.74) is 3.19. The van der Waals surface area contributed by atoms with Gasteiger partial charge in [-0.15, -0.1) is 0 Å². The van der Waals surface area contributed by atoms with Crippen LogP contribution in [0.25, 0.3) is 0 Å². The zero-order valence-corrected chi connectivity index (χ0v) is 14.5. The Balaban J connectivity index is 1.91. The molecule has 0 unspecified atom stereocenters. The fraction of sp³-hybridized carbons (Fsp3) is 0.471. The summed E-state index contributed by atoms with van der Waals surface area (Å²) < 4.78 is 25.0. The van der Waals surface area contributed by atoms with Crippen molar-refractivity contribution in [2.75, 3.05) is 17.5 Å². The molecule has 0 aliphatic heterocycles. The third-order valence-corrected chi connectivity index (χ3v) is 4.49. The van der Waals surface area contributed by atoms with E-state index in [2.05, 4.69) is 16.1 Å². The second-order valence-corrected chi connectivity index (χ2v) is 7.77. The average molecular weight is 336 g/mol. The first-order valence-corrected chi connectivity index (χ1v) is 9.79. The van der Waals surface area contributed by atoms with Crippen LogP contribution < -0.4 is 10.0 Å². The van der Waals surface area contributed by atoms with Gasteiger partial charge in [0.1, 0.15) is 0 Å². The van der Waals surface area contributed by atoms with Crippen molar-refractivity contribution >= 4 is 21.6 Å². The maximum Gasteiger partial charge on any atom is 0.251 e. The number of allylic oxidation sites excluding steroid dienone is 1. The predicted octanol–water partition coefficient (Wildman–Crippen LogP) is 2.99. The molecule has 126 valence electrons. The molecular weight excluding hydrogens is 312 g/mol. The molecule has 1 aromatic rings. The molecule has 0 spiro atoms. The van der Waals surface area contributed by atoms with Crippen molar-refractivity contribution in [2.45, 2.75) is 39.0 Å². The molecule has 6 heteroatoms. The summed E-state index contributed by atoms with van der Waals surface area (Å²) in [4.78, 5) is 12.2. The number of anilines is 1. The van der Waals surface area contributed by atoms with Gasteiger partial charge in [0.15, 0.2) is 0 Å². The molecule has 5 nitrogen and oxygen atoms in total. The lowest BCUT2D eigenvalue weighted by Gasteiger charge is -2.13. The second-order valence-electron chi connectivity index (χ2n) is 6.02. The molecule has 1 amide bonds. The molecule has 2 N–H and O–H groups in total. The second kappa shape index (κ2) is 7.64. The van der Waals surface area contributed by atoms with E-state index in [1.165, 1.54) is 18.4 Å². The average Bonchev–Trinajstić information content (AvgIpc) is 2.49. The van der Waals surface area contributed by atoms with Crippen LogP contribution in [0.1, 0.15) is 48.0 Å². The summed E-state index contributed by atoms with van der Waals surface area (Å²) >= 11 is 0. The van der Waals surface area contributed by atoms with E-state index >= 15 is 0 Å². The van der Waals surface area contributed by atoms with Crippen molar-refractivity contribution in [3.8, 4) is 0 Å². The lowest BCUT2D eigenvalue weighted by molar-refractivity contribution is 0.0954. The van der Waals surface area contributed by atoms with Crippen LogP contribution in [0.5, 0.6) is 0 Å². The standard InChI is InChI=1S/C17H24N2O3S/c1-13-12-15(8-9-16(13)19-23(2,21)22)17(20)18-11-10-14-6-4-3-5-7-14/h6,8-9,12,19H,3-5,7,10-11H2,1-2H3,(H,18,20). The first-order chi connectivity index (χ1) is 10.8. The number of hydrogen-bond donors (Lipinski definition) is 2. The molecule has 0 bridgehead atoms. The third kappa shape index (κ3) is 5.71. The molecule has 2 rings (SSSR count). The maximum absolute atomic E-state index is 12.2. The number of nitrogens with one attached hydrogen (secondary N) is 2. The van der Waals surface area contributed by atoms with Gasteiger partial charge in [-0.25, -0.2) is 8.42 Å². The molecule has 1 aliphatic rings. The van der Waals surface area contributed by atoms with E-state index in [0.717, 1.165) is 31.1 Å². The van der Waals surface area contributed by atoms with E-state index < -0.39 is 10.0 Å². The highest BCUT2D eigenvalue weighted by atomic mass is 32.2. The molecule has 0 radical (unpaired) electrons. The first kappa shape index (κ1) is 17.5. The Kier molecular flexibility index (Phi) is 5.82. The van der Waals surface area contributed by atoms with Crippen molar-refractivity contribution in [2.24, 2.45) is 0 Å². The minimum atomic E-state index is -3.32. The van der Waals surface area contributed by atoms with Crippen LogP contribution in [0.15, 0.2) is 29.8 Å². The summed E-state index contributed by atoms with van der Waals surface area (Å²) in [6.45, 7) is 2.41. The molecule has 0 atom stereocenters. The number of aryl methyl sites for hydroxylation is 1. The maximum atomic E-state index is 12.2. The van der Waals surface area contributed by atoms with Gasteiger partial charge < -0.3 is 5.32 Å².